The van der Waals surface area contributed by atoms with Gasteiger partial charge in [-0.25, -0.2) is 0 Å². The fourth-order valence-corrected chi connectivity index (χ4v) is 0. The molecule has 0 nitrogen and oxygen atoms in total. The standard InChI is InChI=1S/C2H6.CH4.4CH3.V.W.Y/c1-2;;;;;;;;/h1-2H3;1H4;4*1H3;;;/q;;4*-1;2*+2;. The normalized spacial score (nSPS) is 0.600. The van der Waals surface area contributed by atoms with Gasteiger partial charge >= 0.3 is 39.6 Å². The van der Waals surface area contributed by atoms with Crippen LogP contribution < -0.4 is 0 Å². The monoisotopic (exact) mass is 430 g/mol. The van der Waals surface area contributed by atoms with Crippen LogP contribution in [0, 0.1) is 29.7 Å². The van der Waals surface area contributed by atoms with E-state index >= 15 is 0 Å². The Labute approximate surface area is 122 Å². The van der Waals surface area contributed by atoms with Crippen LogP contribution in [0.25, 0.3) is 0 Å². The summed E-state index contributed by atoms with van der Waals surface area (Å²) in [6.07, 6.45) is 0. The van der Waals surface area contributed by atoms with E-state index in [0.29, 0.717) is 0 Å². The molecule has 0 spiro atoms. The fourth-order valence-electron chi connectivity index (χ4n) is 0. The summed E-state index contributed by atoms with van der Waals surface area (Å²) in [5, 5.41) is 0. The molecule has 0 aromatic rings. The smallest absolute Gasteiger partial charge is 0.358 e. The first-order valence-corrected chi connectivity index (χ1v) is 1.00. The Morgan fingerprint density at radius 3 is 0.700 bits per heavy atom. The summed E-state index contributed by atoms with van der Waals surface area (Å²) in [6, 6.07) is 0. The zero-order valence-corrected chi connectivity index (χ0v) is 14.6. The minimum absolute atomic E-state index is 0. The number of rotatable bonds is 0. The Hall–Kier alpha value is 2.38. The Morgan fingerprint density at radius 1 is 0.700 bits per heavy atom. The van der Waals surface area contributed by atoms with E-state index in [4.69, 9.17) is 0 Å². The van der Waals surface area contributed by atoms with Crippen molar-refractivity contribution in [3.63, 3.8) is 0 Å². The van der Waals surface area contributed by atoms with Crippen LogP contribution in [0.2, 0.25) is 0 Å². The van der Waals surface area contributed by atoms with E-state index in [1.165, 1.54) is 0 Å². The minimum Gasteiger partial charge on any atom is -0.358 e. The van der Waals surface area contributed by atoms with Crippen molar-refractivity contribution in [2.24, 2.45) is 0 Å². The predicted molar refractivity (Wildman–Crippen MR) is 43.7 cm³/mol. The van der Waals surface area contributed by atoms with Crippen LogP contribution in [0.15, 0.2) is 0 Å². The van der Waals surface area contributed by atoms with Gasteiger partial charge in [-0.2, -0.15) is 0 Å². The van der Waals surface area contributed by atoms with Crippen LogP contribution in [0.3, 0.4) is 0 Å². The first kappa shape index (κ1) is 140. The van der Waals surface area contributed by atoms with Crippen LogP contribution in [0.5, 0.6) is 0 Å². The second kappa shape index (κ2) is 217. The molecule has 2 radical (unpaired) electrons. The SMILES string of the molecule is C.CC.[CH3-].[CH3-].[CH3-].[CH3-].[V+2].[W+2].[Y]. The molecule has 0 heterocycles. The third-order valence-corrected chi connectivity index (χ3v) is 0. The molecule has 0 rings (SSSR count). The van der Waals surface area contributed by atoms with Crippen LogP contribution in [-0.2, 0) is 72.3 Å². The van der Waals surface area contributed by atoms with Crippen molar-refractivity contribution in [3.05, 3.63) is 29.7 Å². The molecule has 0 aromatic carbocycles. The largest absolute Gasteiger partial charge is 2.00 e. The molecule has 3 heteroatoms. The van der Waals surface area contributed by atoms with Crippen molar-refractivity contribution in [2.75, 3.05) is 0 Å². The molecule has 10 heavy (non-hydrogen) atoms. The van der Waals surface area contributed by atoms with E-state index in [1.807, 2.05) is 13.8 Å². The molecule has 0 aliphatic heterocycles. The molecule has 0 N–H and O–H groups in total. The maximum atomic E-state index is 2.00. The van der Waals surface area contributed by atoms with E-state index < -0.39 is 0 Å². The van der Waals surface area contributed by atoms with Gasteiger partial charge in [-0.1, -0.05) is 21.3 Å². The van der Waals surface area contributed by atoms with Gasteiger partial charge in [0.1, 0.15) is 0 Å². The van der Waals surface area contributed by atoms with Gasteiger partial charge < -0.3 is 29.7 Å². The van der Waals surface area contributed by atoms with E-state index in [0.717, 1.165) is 0 Å². The van der Waals surface area contributed by atoms with Gasteiger partial charge in [0.15, 0.2) is 0 Å². The summed E-state index contributed by atoms with van der Waals surface area (Å²) in [4.78, 5) is 0. The predicted octanol–water partition coefficient (Wildman–Crippen LogP) is 3.46. The Balaban J connectivity index is -0.000000000179. The van der Waals surface area contributed by atoms with Gasteiger partial charge in [0.2, 0.25) is 0 Å². The van der Waals surface area contributed by atoms with Gasteiger partial charge in [-0.15, -0.1) is 0 Å². The van der Waals surface area contributed by atoms with Crippen LogP contribution in [-0.4, -0.2) is 0 Å². The van der Waals surface area contributed by atoms with Gasteiger partial charge in [0.05, 0.1) is 0 Å². The van der Waals surface area contributed by atoms with Gasteiger partial charge in [-0.05, 0) is 0 Å². The Bertz CT molecular complexity index is 13.6. The minimum atomic E-state index is 0. The van der Waals surface area contributed by atoms with Crippen LogP contribution >= 0.6 is 0 Å². The second-order valence-electron chi connectivity index (χ2n) is 0. The molecular formula is C7H22VWY. The number of hydrogen-bond donors (Lipinski definition) is 0. The summed E-state index contributed by atoms with van der Waals surface area (Å²) in [6.45, 7) is 4.00. The topological polar surface area (TPSA) is 0 Å². The molecule has 0 saturated carbocycles. The molecule has 0 saturated heterocycles. The van der Waals surface area contributed by atoms with Crippen molar-refractivity contribution in [1.29, 1.82) is 0 Å². The molecule has 0 unspecified atom stereocenters. The third-order valence-electron chi connectivity index (χ3n) is 0. The molecule has 0 aliphatic rings. The molecule has 0 atom stereocenters. The second-order valence-corrected chi connectivity index (χ2v) is 0. The van der Waals surface area contributed by atoms with Crippen molar-refractivity contribution in [1.82, 2.24) is 0 Å². The van der Waals surface area contributed by atoms with Crippen molar-refractivity contribution >= 4 is 0 Å². The number of hydrogen-bond acceptors (Lipinski definition) is 0. The van der Waals surface area contributed by atoms with Crippen molar-refractivity contribution in [2.45, 2.75) is 21.3 Å². The van der Waals surface area contributed by atoms with Crippen LogP contribution in [0.4, 0.5) is 0 Å². The quantitative estimate of drug-likeness (QED) is 0.517. The summed E-state index contributed by atoms with van der Waals surface area (Å²) in [7, 11) is 0. The summed E-state index contributed by atoms with van der Waals surface area (Å²) in [5.74, 6) is 0. The van der Waals surface area contributed by atoms with E-state index in [2.05, 4.69) is 0 Å². The first-order chi connectivity index (χ1) is 1.00. The van der Waals surface area contributed by atoms with Gasteiger partial charge in [-0.3, -0.25) is 0 Å². The molecule has 0 aromatic heterocycles. The van der Waals surface area contributed by atoms with Crippen molar-refractivity contribution in [3.8, 4) is 0 Å². The maximum Gasteiger partial charge on any atom is 2.00 e. The molecule has 0 amide bonds. The van der Waals surface area contributed by atoms with E-state index in [-0.39, 0.29) is 109 Å². The summed E-state index contributed by atoms with van der Waals surface area (Å²) >= 11 is 0. The van der Waals surface area contributed by atoms with Gasteiger partial charge in [0.25, 0.3) is 0 Å². The summed E-state index contributed by atoms with van der Waals surface area (Å²) < 4.78 is 0. The average Bonchev–Trinajstić information content (AvgIpc) is 1.00. The third kappa shape index (κ3) is 162. The fraction of sp³-hybridized carbons (Fsp3) is 0.429. The van der Waals surface area contributed by atoms with Gasteiger partial charge in [0, 0.05) is 32.7 Å². The average molecular weight is 430 g/mol. The zero-order chi connectivity index (χ0) is 2.00. The summed E-state index contributed by atoms with van der Waals surface area (Å²) in [5.41, 5.74) is 0. The van der Waals surface area contributed by atoms with Crippen LogP contribution in [0.1, 0.15) is 21.3 Å². The molecular weight excluding hydrogens is 408 g/mol. The van der Waals surface area contributed by atoms with E-state index in [9.17, 15) is 0 Å². The van der Waals surface area contributed by atoms with Crippen molar-refractivity contribution < 1.29 is 72.3 Å². The molecule has 0 bridgehead atoms. The zero-order valence-electron chi connectivity index (χ0n) is 7.43. The van der Waals surface area contributed by atoms with E-state index in [1.54, 1.807) is 0 Å². The molecule has 64 valence electrons. The first-order valence-electron chi connectivity index (χ1n) is 1.00. The molecule has 0 fully saturated rings. The maximum absolute atomic E-state index is 2.00. The Kier molecular flexibility index (Phi) is 3050. The molecule has 0 aliphatic carbocycles. The Morgan fingerprint density at radius 2 is 0.700 bits per heavy atom.